The summed E-state index contributed by atoms with van der Waals surface area (Å²) in [5, 5.41) is 10.6. The minimum atomic E-state index is -0.409. The molecule has 25 heavy (non-hydrogen) atoms. The number of hydrogen-bond donors (Lipinski definition) is 1. The Morgan fingerprint density at radius 2 is 1.88 bits per heavy atom. The summed E-state index contributed by atoms with van der Waals surface area (Å²) in [6.45, 7) is 0.0593. The Balaban J connectivity index is 1.51. The zero-order valence-corrected chi connectivity index (χ0v) is 13.7. The van der Waals surface area contributed by atoms with Crippen LogP contribution in [0.15, 0.2) is 58.2 Å². The molecule has 0 aliphatic carbocycles. The fraction of sp³-hybridized carbons (Fsp3) is 0.118. The van der Waals surface area contributed by atoms with Crippen LogP contribution in [0.25, 0.3) is 0 Å². The average molecular weight is 361 g/mol. The molecule has 1 amide bonds. The lowest BCUT2D eigenvalue weighted by Crippen LogP contribution is -2.22. The summed E-state index contributed by atoms with van der Waals surface area (Å²) in [4.78, 5) is 11.9. The average Bonchev–Trinajstić information content (AvgIpc) is 3.06. The van der Waals surface area contributed by atoms with Crippen molar-refractivity contribution in [2.45, 2.75) is 17.5 Å². The van der Waals surface area contributed by atoms with Crippen molar-refractivity contribution in [3.8, 4) is 0 Å². The van der Waals surface area contributed by atoms with Gasteiger partial charge in [-0.1, -0.05) is 23.9 Å². The number of benzene rings is 2. The van der Waals surface area contributed by atoms with Gasteiger partial charge in [0.1, 0.15) is 11.6 Å². The highest BCUT2D eigenvalue weighted by Gasteiger charge is 2.10. The number of carbonyl (C=O) groups excluding carboxylic acids is 1. The predicted octanol–water partition coefficient (Wildman–Crippen LogP) is 3.57. The van der Waals surface area contributed by atoms with Gasteiger partial charge in [0.15, 0.2) is 0 Å². The van der Waals surface area contributed by atoms with E-state index in [1.807, 2.05) is 0 Å². The van der Waals surface area contributed by atoms with Crippen molar-refractivity contribution in [1.82, 2.24) is 15.5 Å². The number of nitrogens with one attached hydrogen (secondary N) is 1. The molecule has 5 nitrogen and oxygen atoms in total. The van der Waals surface area contributed by atoms with Gasteiger partial charge in [-0.15, -0.1) is 10.2 Å². The van der Waals surface area contributed by atoms with E-state index in [0.717, 1.165) is 5.56 Å². The minimum Gasteiger partial charge on any atom is -0.414 e. The van der Waals surface area contributed by atoms with Crippen LogP contribution in [0.4, 0.5) is 8.78 Å². The van der Waals surface area contributed by atoms with Crippen molar-refractivity contribution >= 4 is 17.7 Å². The standard InChI is InChI=1S/C17H13F2N3O2S/c18-13-6-4-12(5-7-13)16(23)20-9-15-21-22-17(24-15)25-10-11-2-1-3-14(19)8-11/h1-8H,9-10H2,(H,20,23). The van der Waals surface area contributed by atoms with Gasteiger partial charge in [0.05, 0.1) is 6.54 Å². The lowest BCUT2D eigenvalue weighted by atomic mass is 10.2. The van der Waals surface area contributed by atoms with Gasteiger partial charge >= 0.3 is 0 Å². The molecular weight excluding hydrogens is 348 g/mol. The summed E-state index contributed by atoms with van der Waals surface area (Å²) < 4.78 is 31.4. The van der Waals surface area contributed by atoms with Crippen molar-refractivity contribution in [1.29, 1.82) is 0 Å². The molecule has 128 valence electrons. The summed E-state index contributed by atoms with van der Waals surface area (Å²) in [7, 11) is 0. The second kappa shape index (κ2) is 7.89. The van der Waals surface area contributed by atoms with Crippen LogP contribution >= 0.6 is 11.8 Å². The SMILES string of the molecule is O=C(NCc1nnc(SCc2cccc(F)c2)o1)c1ccc(F)cc1. The number of nitrogens with zero attached hydrogens (tertiary/aromatic N) is 2. The Bertz CT molecular complexity index is 868. The van der Waals surface area contributed by atoms with Crippen LogP contribution in [-0.2, 0) is 12.3 Å². The van der Waals surface area contributed by atoms with Crippen LogP contribution in [0, 0.1) is 11.6 Å². The third-order valence-electron chi connectivity index (χ3n) is 3.21. The molecule has 0 fully saturated rings. The minimum absolute atomic E-state index is 0.0593. The molecule has 0 unspecified atom stereocenters. The lowest BCUT2D eigenvalue weighted by Gasteiger charge is -2.02. The molecule has 0 aliphatic heterocycles. The van der Waals surface area contributed by atoms with Gasteiger partial charge in [-0.05, 0) is 42.0 Å². The van der Waals surface area contributed by atoms with E-state index in [-0.39, 0.29) is 24.2 Å². The monoisotopic (exact) mass is 361 g/mol. The fourth-order valence-corrected chi connectivity index (χ4v) is 2.72. The summed E-state index contributed by atoms with van der Waals surface area (Å²) >= 11 is 1.27. The smallest absolute Gasteiger partial charge is 0.276 e. The van der Waals surface area contributed by atoms with E-state index in [0.29, 0.717) is 16.5 Å². The molecule has 0 aliphatic rings. The van der Waals surface area contributed by atoms with Gasteiger partial charge in [0.2, 0.25) is 5.89 Å². The first-order chi connectivity index (χ1) is 12.1. The van der Waals surface area contributed by atoms with E-state index in [9.17, 15) is 13.6 Å². The van der Waals surface area contributed by atoms with Crippen molar-refractivity contribution in [3.05, 3.63) is 77.2 Å². The van der Waals surface area contributed by atoms with Crippen LogP contribution < -0.4 is 5.32 Å². The normalized spacial score (nSPS) is 10.6. The Hall–Kier alpha value is -2.74. The number of halogens is 2. The van der Waals surface area contributed by atoms with Crippen LogP contribution in [0.2, 0.25) is 0 Å². The Morgan fingerprint density at radius 3 is 2.64 bits per heavy atom. The lowest BCUT2D eigenvalue weighted by molar-refractivity contribution is 0.0946. The highest BCUT2D eigenvalue weighted by Crippen LogP contribution is 2.21. The molecular formula is C17H13F2N3O2S. The second-order valence-electron chi connectivity index (χ2n) is 5.07. The maximum atomic E-state index is 13.1. The summed E-state index contributed by atoms with van der Waals surface area (Å²) in [6, 6.07) is 11.4. The first-order valence-corrected chi connectivity index (χ1v) is 8.32. The second-order valence-corrected chi connectivity index (χ2v) is 6.00. The van der Waals surface area contributed by atoms with Crippen LogP contribution in [-0.4, -0.2) is 16.1 Å². The van der Waals surface area contributed by atoms with Gasteiger partial charge in [-0.25, -0.2) is 8.78 Å². The van der Waals surface area contributed by atoms with Crippen LogP contribution in [0.3, 0.4) is 0 Å². The molecule has 0 atom stereocenters. The highest BCUT2D eigenvalue weighted by molar-refractivity contribution is 7.98. The molecule has 0 saturated carbocycles. The maximum Gasteiger partial charge on any atom is 0.276 e. The van der Waals surface area contributed by atoms with Crippen LogP contribution in [0.1, 0.15) is 21.8 Å². The van der Waals surface area contributed by atoms with E-state index in [2.05, 4.69) is 15.5 Å². The summed E-state index contributed by atoms with van der Waals surface area (Å²) in [5.74, 6) is -0.341. The van der Waals surface area contributed by atoms with Crippen molar-refractivity contribution < 1.29 is 18.0 Å². The largest absolute Gasteiger partial charge is 0.414 e. The molecule has 0 radical (unpaired) electrons. The molecule has 0 bridgehead atoms. The van der Waals surface area contributed by atoms with Gasteiger partial charge in [0.25, 0.3) is 11.1 Å². The van der Waals surface area contributed by atoms with E-state index >= 15 is 0 Å². The quantitative estimate of drug-likeness (QED) is 0.680. The third kappa shape index (κ3) is 4.87. The number of aromatic nitrogens is 2. The van der Waals surface area contributed by atoms with Crippen molar-refractivity contribution in [2.75, 3.05) is 0 Å². The fourth-order valence-electron chi connectivity index (χ4n) is 2.00. The Morgan fingerprint density at radius 1 is 1.08 bits per heavy atom. The van der Waals surface area contributed by atoms with Gasteiger partial charge in [0, 0.05) is 11.3 Å². The van der Waals surface area contributed by atoms with Crippen LogP contribution in [0.5, 0.6) is 0 Å². The maximum absolute atomic E-state index is 13.1. The molecule has 1 heterocycles. The van der Waals surface area contributed by atoms with E-state index in [1.165, 1.54) is 48.2 Å². The Kier molecular flexibility index (Phi) is 5.39. The first-order valence-electron chi connectivity index (χ1n) is 7.33. The molecule has 0 saturated heterocycles. The summed E-state index contributed by atoms with van der Waals surface area (Å²) in [5.41, 5.74) is 1.14. The third-order valence-corrected chi connectivity index (χ3v) is 4.10. The Labute approximate surface area is 146 Å². The molecule has 2 aromatic carbocycles. The topological polar surface area (TPSA) is 68.0 Å². The number of hydrogen-bond acceptors (Lipinski definition) is 5. The van der Waals surface area contributed by atoms with Gasteiger partial charge < -0.3 is 9.73 Å². The van der Waals surface area contributed by atoms with Gasteiger partial charge in [-0.3, -0.25) is 4.79 Å². The molecule has 8 heteroatoms. The first kappa shape index (κ1) is 17.1. The zero-order chi connectivity index (χ0) is 17.6. The summed E-state index contributed by atoms with van der Waals surface area (Å²) in [6.07, 6.45) is 0. The van der Waals surface area contributed by atoms with Gasteiger partial charge in [-0.2, -0.15) is 0 Å². The number of rotatable bonds is 6. The molecule has 0 spiro atoms. The van der Waals surface area contributed by atoms with Crippen molar-refractivity contribution in [2.24, 2.45) is 0 Å². The number of carbonyl (C=O) groups is 1. The molecule has 3 rings (SSSR count). The van der Waals surface area contributed by atoms with E-state index in [4.69, 9.17) is 4.42 Å². The molecule has 3 aromatic rings. The zero-order valence-electron chi connectivity index (χ0n) is 12.9. The highest BCUT2D eigenvalue weighted by atomic mass is 32.2. The predicted molar refractivity (Wildman–Crippen MR) is 87.8 cm³/mol. The van der Waals surface area contributed by atoms with E-state index < -0.39 is 5.82 Å². The van der Waals surface area contributed by atoms with E-state index in [1.54, 1.807) is 12.1 Å². The number of amides is 1. The number of thioether (sulfide) groups is 1. The molecule has 1 N–H and O–H groups in total. The van der Waals surface area contributed by atoms with Crippen molar-refractivity contribution in [3.63, 3.8) is 0 Å². The molecule has 1 aromatic heterocycles.